The van der Waals surface area contributed by atoms with E-state index in [-0.39, 0.29) is 6.04 Å². The van der Waals surface area contributed by atoms with Crippen molar-refractivity contribution in [1.29, 1.82) is 0 Å². The number of hydrogen-bond donors (Lipinski definition) is 4. The summed E-state index contributed by atoms with van der Waals surface area (Å²) in [5, 5.41) is 15.4. The van der Waals surface area contributed by atoms with Gasteiger partial charge in [-0.15, -0.1) is 0 Å². The number of hydrazine groups is 1. The predicted molar refractivity (Wildman–Crippen MR) is 78.2 cm³/mol. The summed E-state index contributed by atoms with van der Waals surface area (Å²) >= 11 is 5.83. The molecule has 1 atom stereocenters. The van der Waals surface area contributed by atoms with Gasteiger partial charge in [0.05, 0.1) is 11.8 Å². The second kappa shape index (κ2) is 7.12. The summed E-state index contributed by atoms with van der Waals surface area (Å²) in [6.07, 6.45) is 3.61. The van der Waals surface area contributed by atoms with Crippen LogP contribution in [0.15, 0.2) is 29.4 Å². The van der Waals surface area contributed by atoms with E-state index in [9.17, 15) is 4.79 Å². The highest BCUT2D eigenvalue weighted by Crippen LogP contribution is 2.16. The second-order valence-corrected chi connectivity index (χ2v) is 5.06. The Labute approximate surface area is 122 Å². The first-order valence-electron chi connectivity index (χ1n) is 6.48. The van der Waals surface area contributed by atoms with Crippen LogP contribution in [0.1, 0.15) is 25.7 Å². The molecule has 1 saturated carbocycles. The Bertz CT molecular complexity index is 507. The van der Waals surface area contributed by atoms with Crippen molar-refractivity contribution in [3.63, 3.8) is 0 Å². The van der Waals surface area contributed by atoms with Crippen molar-refractivity contribution < 1.29 is 10.0 Å². The number of amides is 2. The van der Waals surface area contributed by atoms with Crippen molar-refractivity contribution in [1.82, 2.24) is 10.9 Å². The van der Waals surface area contributed by atoms with E-state index >= 15 is 0 Å². The van der Waals surface area contributed by atoms with Crippen molar-refractivity contribution >= 4 is 29.0 Å². The van der Waals surface area contributed by atoms with Gasteiger partial charge in [0.1, 0.15) is 0 Å². The molecule has 0 saturated heterocycles. The second-order valence-electron chi connectivity index (χ2n) is 4.62. The van der Waals surface area contributed by atoms with Crippen LogP contribution in [0.3, 0.4) is 0 Å². The minimum absolute atomic E-state index is 0.126. The fourth-order valence-corrected chi connectivity index (χ4v) is 2.34. The number of carbonyl (C=O) groups is 1. The summed E-state index contributed by atoms with van der Waals surface area (Å²) in [5.41, 5.74) is 6.69. The molecule has 2 rings (SSSR count). The molecule has 0 radical (unpaired) electrons. The van der Waals surface area contributed by atoms with Crippen molar-refractivity contribution in [3.8, 4) is 0 Å². The minimum Gasteiger partial charge on any atom is -0.411 e. The van der Waals surface area contributed by atoms with Crippen LogP contribution in [0.4, 0.5) is 10.5 Å². The van der Waals surface area contributed by atoms with Crippen LogP contribution < -0.4 is 16.2 Å². The number of hydrogen-bond acceptors (Lipinski definition) is 4. The number of oxime groups is 1. The predicted octanol–water partition coefficient (Wildman–Crippen LogP) is 2.74. The standard InChI is InChI=1S/C13H17ClN4O2/c14-9-4-3-5-10(8-9)15-13(19)17-16-11-6-1-2-7-12(11)18-20/h3-5,8,11,16,20H,1-2,6-7H2,(H2,15,17,19). The molecule has 4 N–H and O–H groups in total. The van der Waals surface area contributed by atoms with Crippen LogP contribution in [0.2, 0.25) is 5.02 Å². The summed E-state index contributed by atoms with van der Waals surface area (Å²) in [6, 6.07) is 6.36. The first-order valence-corrected chi connectivity index (χ1v) is 6.86. The molecule has 1 unspecified atom stereocenters. The van der Waals surface area contributed by atoms with Gasteiger partial charge in [-0.25, -0.2) is 10.2 Å². The molecule has 1 aromatic rings. The van der Waals surface area contributed by atoms with Gasteiger partial charge in [-0.3, -0.25) is 5.43 Å². The molecule has 7 heteroatoms. The number of rotatable bonds is 3. The molecule has 0 aromatic heterocycles. The summed E-state index contributed by atoms with van der Waals surface area (Å²) in [5.74, 6) is 0. The normalized spacial score (nSPS) is 20.6. The van der Waals surface area contributed by atoms with Crippen LogP contribution in [0, 0.1) is 0 Å². The van der Waals surface area contributed by atoms with E-state index in [1.165, 1.54) is 0 Å². The number of benzene rings is 1. The number of nitrogens with zero attached hydrogens (tertiary/aromatic N) is 1. The van der Waals surface area contributed by atoms with E-state index in [0.29, 0.717) is 16.4 Å². The SMILES string of the molecule is O=C(NNC1CCCCC1=NO)Nc1cccc(Cl)c1. The Hall–Kier alpha value is -1.79. The van der Waals surface area contributed by atoms with E-state index in [2.05, 4.69) is 21.3 Å². The van der Waals surface area contributed by atoms with Crippen LogP contribution in [0.25, 0.3) is 0 Å². The quantitative estimate of drug-likeness (QED) is 0.511. The van der Waals surface area contributed by atoms with Gasteiger partial charge in [0.15, 0.2) is 0 Å². The van der Waals surface area contributed by atoms with Crippen LogP contribution in [-0.4, -0.2) is 23.0 Å². The lowest BCUT2D eigenvalue weighted by Crippen LogP contribution is -2.50. The maximum Gasteiger partial charge on any atom is 0.333 e. The lowest BCUT2D eigenvalue weighted by molar-refractivity contribution is 0.245. The average Bonchev–Trinajstić information content (AvgIpc) is 2.45. The van der Waals surface area contributed by atoms with Crippen LogP contribution in [0.5, 0.6) is 0 Å². The minimum atomic E-state index is -0.393. The van der Waals surface area contributed by atoms with Crippen LogP contribution in [-0.2, 0) is 0 Å². The highest BCUT2D eigenvalue weighted by atomic mass is 35.5. The summed E-state index contributed by atoms with van der Waals surface area (Å²) in [6.45, 7) is 0. The number of nitrogens with one attached hydrogen (secondary N) is 3. The number of carbonyl (C=O) groups excluding carboxylic acids is 1. The summed E-state index contributed by atoms with van der Waals surface area (Å²) in [7, 11) is 0. The van der Waals surface area contributed by atoms with Gasteiger partial charge >= 0.3 is 6.03 Å². The lowest BCUT2D eigenvalue weighted by Gasteiger charge is -2.24. The Morgan fingerprint density at radius 1 is 1.40 bits per heavy atom. The molecule has 0 heterocycles. The number of anilines is 1. The van der Waals surface area contributed by atoms with Crippen LogP contribution >= 0.6 is 11.6 Å². The molecule has 20 heavy (non-hydrogen) atoms. The maximum absolute atomic E-state index is 11.7. The average molecular weight is 297 g/mol. The van der Waals surface area contributed by atoms with Gasteiger partial charge < -0.3 is 10.5 Å². The molecule has 1 aromatic carbocycles. The Morgan fingerprint density at radius 3 is 3.00 bits per heavy atom. The zero-order valence-electron chi connectivity index (χ0n) is 10.9. The van der Waals surface area contributed by atoms with Gasteiger partial charge in [-0.2, -0.15) is 0 Å². The van der Waals surface area contributed by atoms with Crippen molar-refractivity contribution in [2.75, 3.05) is 5.32 Å². The molecule has 1 aliphatic carbocycles. The first kappa shape index (κ1) is 14.6. The third-order valence-corrected chi connectivity index (χ3v) is 3.38. The van der Waals surface area contributed by atoms with E-state index in [1.807, 2.05) is 0 Å². The fraction of sp³-hybridized carbons (Fsp3) is 0.385. The monoisotopic (exact) mass is 296 g/mol. The zero-order chi connectivity index (χ0) is 14.4. The van der Waals surface area contributed by atoms with Gasteiger partial charge in [-0.05, 0) is 37.5 Å². The Morgan fingerprint density at radius 2 is 2.25 bits per heavy atom. The van der Waals surface area contributed by atoms with E-state index in [1.54, 1.807) is 24.3 Å². The molecule has 1 aliphatic rings. The zero-order valence-corrected chi connectivity index (χ0v) is 11.7. The molecular weight excluding hydrogens is 280 g/mol. The third kappa shape index (κ3) is 4.11. The largest absolute Gasteiger partial charge is 0.411 e. The van der Waals surface area contributed by atoms with Gasteiger partial charge in [0.2, 0.25) is 0 Å². The van der Waals surface area contributed by atoms with Crippen molar-refractivity contribution in [2.45, 2.75) is 31.7 Å². The third-order valence-electron chi connectivity index (χ3n) is 3.15. The van der Waals surface area contributed by atoms with Crippen molar-refractivity contribution in [2.24, 2.45) is 5.16 Å². The lowest BCUT2D eigenvalue weighted by atomic mass is 9.94. The molecule has 108 valence electrons. The molecular formula is C13H17ClN4O2. The first-order chi connectivity index (χ1) is 9.69. The fourth-order valence-electron chi connectivity index (χ4n) is 2.15. The molecule has 6 nitrogen and oxygen atoms in total. The Kier molecular flexibility index (Phi) is 5.20. The van der Waals surface area contributed by atoms with E-state index in [4.69, 9.17) is 16.8 Å². The molecule has 0 aliphatic heterocycles. The summed E-state index contributed by atoms with van der Waals surface area (Å²) in [4.78, 5) is 11.7. The highest BCUT2D eigenvalue weighted by molar-refractivity contribution is 6.30. The van der Waals surface area contributed by atoms with Gasteiger partial charge in [-0.1, -0.05) is 29.2 Å². The Balaban J connectivity index is 1.83. The molecule has 1 fully saturated rings. The van der Waals surface area contributed by atoms with Gasteiger partial charge in [0.25, 0.3) is 0 Å². The number of halogens is 1. The summed E-state index contributed by atoms with van der Waals surface area (Å²) < 4.78 is 0. The molecule has 2 amide bonds. The topological polar surface area (TPSA) is 85.8 Å². The van der Waals surface area contributed by atoms with Crippen molar-refractivity contribution in [3.05, 3.63) is 29.3 Å². The molecule has 0 bridgehead atoms. The highest BCUT2D eigenvalue weighted by Gasteiger charge is 2.21. The van der Waals surface area contributed by atoms with E-state index in [0.717, 1.165) is 25.7 Å². The van der Waals surface area contributed by atoms with Gasteiger partial charge in [0, 0.05) is 10.7 Å². The smallest absolute Gasteiger partial charge is 0.333 e. The van der Waals surface area contributed by atoms with E-state index < -0.39 is 6.03 Å². The maximum atomic E-state index is 11.7. The molecule has 0 spiro atoms. The number of urea groups is 1.